The van der Waals surface area contributed by atoms with Gasteiger partial charge in [0.1, 0.15) is 0 Å². The van der Waals surface area contributed by atoms with Crippen LogP contribution >= 0.6 is 0 Å². The third-order valence-electron chi connectivity index (χ3n) is 3.39. The van der Waals surface area contributed by atoms with Gasteiger partial charge < -0.3 is 15.2 Å². The highest BCUT2D eigenvalue weighted by Gasteiger charge is 2.18. The molecule has 0 spiro atoms. The van der Waals surface area contributed by atoms with Crippen LogP contribution in [-0.4, -0.2) is 21.0 Å². The van der Waals surface area contributed by atoms with Gasteiger partial charge in [-0.3, -0.25) is 0 Å². The van der Waals surface area contributed by atoms with E-state index in [9.17, 15) is 9.90 Å². The largest absolute Gasteiger partial charge is 0.872 e. The SMILES string of the molecule is CCCCC(c1cnc[nH]1)c1cccc(C(=O)O)c1[O-]. The summed E-state index contributed by atoms with van der Waals surface area (Å²) in [5.41, 5.74) is 1.18. The maximum absolute atomic E-state index is 12.3. The van der Waals surface area contributed by atoms with Crippen molar-refractivity contribution in [2.75, 3.05) is 0 Å². The molecule has 0 aliphatic rings. The lowest BCUT2D eigenvalue weighted by molar-refractivity contribution is -0.270. The smallest absolute Gasteiger partial charge is 0.335 e. The summed E-state index contributed by atoms with van der Waals surface area (Å²) < 4.78 is 0. The van der Waals surface area contributed by atoms with Gasteiger partial charge in [0.15, 0.2) is 0 Å². The Balaban J connectivity index is 2.43. The van der Waals surface area contributed by atoms with Crippen LogP contribution in [0.4, 0.5) is 0 Å². The van der Waals surface area contributed by atoms with Crippen molar-refractivity contribution in [2.45, 2.75) is 32.1 Å². The molecule has 1 atom stereocenters. The van der Waals surface area contributed by atoms with Gasteiger partial charge in [-0.25, -0.2) is 9.78 Å². The van der Waals surface area contributed by atoms with E-state index in [2.05, 4.69) is 16.9 Å². The lowest BCUT2D eigenvalue weighted by Gasteiger charge is -2.23. The molecule has 1 heterocycles. The van der Waals surface area contributed by atoms with Crippen LogP contribution in [0.5, 0.6) is 5.75 Å². The average Bonchev–Trinajstić information content (AvgIpc) is 2.94. The summed E-state index contributed by atoms with van der Waals surface area (Å²) in [6.07, 6.45) is 6.02. The number of unbranched alkanes of at least 4 members (excludes halogenated alkanes) is 1. The van der Waals surface area contributed by atoms with Crippen molar-refractivity contribution >= 4 is 5.97 Å². The molecule has 2 aromatic rings. The van der Waals surface area contributed by atoms with Gasteiger partial charge in [0, 0.05) is 17.8 Å². The van der Waals surface area contributed by atoms with Gasteiger partial charge in [-0.2, -0.15) is 0 Å². The predicted molar refractivity (Wildman–Crippen MR) is 72.8 cm³/mol. The van der Waals surface area contributed by atoms with Gasteiger partial charge in [0.25, 0.3) is 0 Å². The minimum atomic E-state index is -1.18. The molecule has 1 aromatic heterocycles. The van der Waals surface area contributed by atoms with Crippen LogP contribution < -0.4 is 5.11 Å². The molecule has 5 nitrogen and oxygen atoms in total. The third kappa shape index (κ3) is 2.82. The minimum absolute atomic E-state index is 0.135. The molecule has 0 aliphatic carbocycles. The molecular weight excluding hydrogens is 256 g/mol. The molecule has 20 heavy (non-hydrogen) atoms. The minimum Gasteiger partial charge on any atom is -0.872 e. The van der Waals surface area contributed by atoms with Gasteiger partial charge in [0.2, 0.25) is 0 Å². The molecule has 5 heteroatoms. The number of carboxylic acid groups (broad SMARTS) is 1. The molecule has 1 unspecified atom stereocenters. The highest BCUT2D eigenvalue weighted by atomic mass is 16.4. The van der Waals surface area contributed by atoms with Crippen LogP contribution in [0, 0.1) is 0 Å². The van der Waals surface area contributed by atoms with Crippen LogP contribution in [0.1, 0.15) is 53.7 Å². The summed E-state index contributed by atoms with van der Waals surface area (Å²) in [5.74, 6) is -1.73. The molecule has 2 N–H and O–H groups in total. The Morgan fingerprint density at radius 1 is 1.50 bits per heavy atom. The monoisotopic (exact) mass is 273 g/mol. The number of carboxylic acids is 1. The van der Waals surface area contributed by atoms with Crippen LogP contribution in [0.3, 0.4) is 0 Å². The van der Waals surface area contributed by atoms with Crippen molar-refractivity contribution in [1.29, 1.82) is 0 Å². The van der Waals surface area contributed by atoms with E-state index in [0.717, 1.165) is 25.0 Å². The summed E-state index contributed by atoms with van der Waals surface area (Å²) >= 11 is 0. The molecule has 2 rings (SSSR count). The maximum Gasteiger partial charge on any atom is 0.335 e. The maximum atomic E-state index is 12.3. The van der Waals surface area contributed by atoms with Crippen LogP contribution in [-0.2, 0) is 0 Å². The molecule has 0 bridgehead atoms. The molecule has 0 aliphatic heterocycles. The van der Waals surface area contributed by atoms with E-state index in [1.54, 1.807) is 24.7 Å². The van der Waals surface area contributed by atoms with Crippen molar-refractivity contribution < 1.29 is 15.0 Å². The van der Waals surface area contributed by atoms with Crippen LogP contribution in [0.15, 0.2) is 30.7 Å². The second-order valence-electron chi connectivity index (χ2n) is 4.73. The molecular formula is C15H17N2O3-. The number of benzene rings is 1. The van der Waals surface area contributed by atoms with Crippen molar-refractivity contribution in [3.8, 4) is 5.75 Å². The lowest BCUT2D eigenvalue weighted by atomic mass is 9.89. The summed E-state index contributed by atoms with van der Waals surface area (Å²) in [5, 5.41) is 21.4. The van der Waals surface area contributed by atoms with Gasteiger partial charge >= 0.3 is 5.97 Å². The van der Waals surface area contributed by atoms with E-state index in [4.69, 9.17) is 5.11 Å². The van der Waals surface area contributed by atoms with Gasteiger partial charge in [0.05, 0.1) is 11.9 Å². The second-order valence-corrected chi connectivity index (χ2v) is 4.73. The molecule has 106 valence electrons. The normalized spacial score (nSPS) is 12.2. The second kappa shape index (κ2) is 6.23. The number of para-hydroxylation sites is 1. The van der Waals surface area contributed by atoms with Gasteiger partial charge in [-0.15, -0.1) is 0 Å². The zero-order valence-electron chi connectivity index (χ0n) is 11.3. The predicted octanol–water partition coefficient (Wildman–Crippen LogP) is 2.50. The van der Waals surface area contributed by atoms with Crippen molar-refractivity contribution in [2.24, 2.45) is 0 Å². The topological polar surface area (TPSA) is 89.0 Å². The van der Waals surface area contributed by atoms with Crippen LogP contribution in [0.2, 0.25) is 0 Å². The van der Waals surface area contributed by atoms with E-state index >= 15 is 0 Å². The van der Waals surface area contributed by atoms with E-state index in [1.165, 1.54) is 6.07 Å². The summed E-state index contributed by atoms with van der Waals surface area (Å²) in [4.78, 5) is 18.1. The molecule has 0 amide bonds. The number of aromatic amines is 1. The lowest BCUT2D eigenvalue weighted by Crippen LogP contribution is -2.11. The first-order valence-corrected chi connectivity index (χ1v) is 6.66. The first-order valence-electron chi connectivity index (χ1n) is 6.66. The molecule has 0 fully saturated rings. The number of hydrogen-bond acceptors (Lipinski definition) is 3. The zero-order chi connectivity index (χ0) is 14.5. The summed E-state index contributed by atoms with van der Waals surface area (Å²) in [6, 6.07) is 4.67. The Bertz CT molecular complexity index is 579. The Morgan fingerprint density at radius 2 is 2.30 bits per heavy atom. The number of nitrogens with zero attached hydrogens (tertiary/aromatic N) is 1. The fourth-order valence-electron chi connectivity index (χ4n) is 2.34. The van der Waals surface area contributed by atoms with E-state index < -0.39 is 11.7 Å². The average molecular weight is 273 g/mol. The quantitative estimate of drug-likeness (QED) is 0.846. The molecule has 0 saturated heterocycles. The molecule has 0 radical (unpaired) electrons. The van der Waals surface area contributed by atoms with Crippen LogP contribution in [0.25, 0.3) is 0 Å². The van der Waals surface area contributed by atoms with E-state index in [-0.39, 0.29) is 11.5 Å². The Kier molecular flexibility index (Phi) is 4.40. The fourth-order valence-corrected chi connectivity index (χ4v) is 2.34. The Hall–Kier alpha value is -2.30. The first kappa shape index (κ1) is 14.1. The number of aromatic carboxylic acids is 1. The third-order valence-corrected chi connectivity index (χ3v) is 3.39. The summed E-state index contributed by atoms with van der Waals surface area (Å²) in [6.45, 7) is 2.08. The number of imidazole rings is 1. The number of carbonyl (C=O) groups is 1. The highest BCUT2D eigenvalue weighted by Crippen LogP contribution is 2.34. The standard InChI is InChI=1S/C15H18N2O3/c1-2-3-5-10(13-8-16-9-17-13)11-6-4-7-12(14(11)18)15(19)20/h4,6-10,18H,2-3,5H2,1H3,(H,16,17)(H,19,20)/p-1. The number of H-pyrrole nitrogens is 1. The van der Waals surface area contributed by atoms with Crippen molar-refractivity contribution in [3.63, 3.8) is 0 Å². The zero-order valence-corrected chi connectivity index (χ0v) is 11.3. The van der Waals surface area contributed by atoms with Crippen molar-refractivity contribution in [3.05, 3.63) is 47.5 Å². The molecule has 1 aromatic carbocycles. The Labute approximate surface area is 117 Å². The number of aromatic nitrogens is 2. The van der Waals surface area contributed by atoms with Gasteiger partial charge in [-0.05, 0) is 18.1 Å². The Morgan fingerprint density at radius 3 is 2.90 bits per heavy atom. The van der Waals surface area contributed by atoms with Gasteiger partial charge in [-0.1, -0.05) is 37.6 Å². The van der Waals surface area contributed by atoms with Crippen molar-refractivity contribution in [1.82, 2.24) is 9.97 Å². The molecule has 0 saturated carbocycles. The first-order chi connectivity index (χ1) is 9.65. The number of rotatable bonds is 6. The van der Waals surface area contributed by atoms with E-state index in [1.807, 2.05) is 0 Å². The summed E-state index contributed by atoms with van der Waals surface area (Å²) in [7, 11) is 0. The highest BCUT2D eigenvalue weighted by molar-refractivity contribution is 5.91. The number of nitrogens with one attached hydrogen (secondary N) is 1. The van der Waals surface area contributed by atoms with E-state index in [0.29, 0.717) is 5.56 Å². The number of hydrogen-bond donors (Lipinski definition) is 2. The fraction of sp³-hybridized carbons (Fsp3) is 0.333.